The summed E-state index contributed by atoms with van der Waals surface area (Å²) in [4.78, 5) is 0. The van der Waals surface area contributed by atoms with Gasteiger partial charge < -0.3 is 9.84 Å². The van der Waals surface area contributed by atoms with Gasteiger partial charge in [0, 0.05) is 0 Å². The third-order valence-corrected chi connectivity index (χ3v) is 3.51. The van der Waals surface area contributed by atoms with Crippen LogP contribution in [-0.2, 0) is 6.42 Å². The number of methoxy groups -OCH3 is 1. The molecule has 0 aliphatic heterocycles. The molecule has 0 spiro atoms. The van der Waals surface area contributed by atoms with E-state index in [9.17, 15) is 9.50 Å². The van der Waals surface area contributed by atoms with Crippen LogP contribution < -0.4 is 4.74 Å². The average Bonchev–Trinajstić information content (AvgIpc) is 2.46. The SMILES string of the molecule is COc1ccc(C(O)CCc2ccccc2C)cc1F. The molecule has 1 unspecified atom stereocenters. The number of aliphatic hydroxyl groups is 1. The predicted octanol–water partition coefficient (Wildman–Crippen LogP) is 3.81. The van der Waals surface area contributed by atoms with Crippen molar-refractivity contribution in [1.29, 1.82) is 0 Å². The average molecular weight is 274 g/mol. The molecule has 0 fully saturated rings. The van der Waals surface area contributed by atoms with Crippen molar-refractivity contribution in [3.63, 3.8) is 0 Å². The van der Waals surface area contributed by atoms with Crippen molar-refractivity contribution in [1.82, 2.24) is 0 Å². The van der Waals surface area contributed by atoms with Gasteiger partial charge in [0.2, 0.25) is 0 Å². The van der Waals surface area contributed by atoms with Crippen molar-refractivity contribution in [3.8, 4) is 5.75 Å². The Morgan fingerprint density at radius 1 is 1.20 bits per heavy atom. The topological polar surface area (TPSA) is 29.5 Å². The lowest BCUT2D eigenvalue weighted by molar-refractivity contribution is 0.167. The molecule has 0 aromatic heterocycles. The molecule has 3 heteroatoms. The molecule has 2 rings (SSSR count). The molecule has 2 aromatic rings. The quantitative estimate of drug-likeness (QED) is 0.898. The van der Waals surface area contributed by atoms with Gasteiger partial charge in [-0.1, -0.05) is 30.3 Å². The lowest BCUT2D eigenvalue weighted by atomic mass is 9.98. The first-order chi connectivity index (χ1) is 9.61. The fourth-order valence-electron chi connectivity index (χ4n) is 2.24. The minimum absolute atomic E-state index is 0.194. The van der Waals surface area contributed by atoms with E-state index in [0.29, 0.717) is 12.0 Å². The van der Waals surface area contributed by atoms with Crippen LogP contribution in [-0.4, -0.2) is 12.2 Å². The smallest absolute Gasteiger partial charge is 0.165 e. The van der Waals surface area contributed by atoms with Gasteiger partial charge in [-0.05, 0) is 48.6 Å². The molecular formula is C17H19FO2. The van der Waals surface area contributed by atoms with Gasteiger partial charge in [-0.3, -0.25) is 0 Å². The van der Waals surface area contributed by atoms with E-state index in [1.807, 2.05) is 12.1 Å². The summed E-state index contributed by atoms with van der Waals surface area (Å²) >= 11 is 0. The monoisotopic (exact) mass is 274 g/mol. The predicted molar refractivity (Wildman–Crippen MR) is 77.4 cm³/mol. The van der Waals surface area contributed by atoms with Crippen molar-refractivity contribution >= 4 is 0 Å². The van der Waals surface area contributed by atoms with Gasteiger partial charge >= 0.3 is 0 Å². The van der Waals surface area contributed by atoms with Crippen molar-refractivity contribution in [3.05, 3.63) is 65.0 Å². The van der Waals surface area contributed by atoms with Gasteiger partial charge in [0.15, 0.2) is 11.6 Å². The highest BCUT2D eigenvalue weighted by Crippen LogP contribution is 2.25. The molecule has 0 bridgehead atoms. The lowest BCUT2D eigenvalue weighted by Gasteiger charge is -2.13. The summed E-state index contributed by atoms with van der Waals surface area (Å²) in [6.45, 7) is 2.05. The summed E-state index contributed by atoms with van der Waals surface area (Å²) in [6.07, 6.45) is 0.660. The first-order valence-electron chi connectivity index (χ1n) is 6.68. The molecule has 0 aliphatic rings. The zero-order valence-corrected chi connectivity index (χ0v) is 11.8. The van der Waals surface area contributed by atoms with Gasteiger partial charge in [-0.2, -0.15) is 0 Å². The number of halogens is 1. The van der Waals surface area contributed by atoms with Gasteiger partial charge in [0.05, 0.1) is 13.2 Å². The van der Waals surface area contributed by atoms with Crippen molar-refractivity contribution < 1.29 is 14.2 Å². The molecule has 0 saturated carbocycles. The summed E-state index contributed by atoms with van der Waals surface area (Å²) in [7, 11) is 1.42. The van der Waals surface area contributed by atoms with Crippen LogP contribution in [0.5, 0.6) is 5.75 Å². The maximum atomic E-state index is 13.6. The zero-order valence-electron chi connectivity index (χ0n) is 11.8. The summed E-state index contributed by atoms with van der Waals surface area (Å²) in [6, 6.07) is 12.7. The minimum Gasteiger partial charge on any atom is -0.494 e. The molecule has 0 amide bonds. The maximum absolute atomic E-state index is 13.6. The highest BCUT2D eigenvalue weighted by molar-refractivity contribution is 5.31. The first-order valence-corrected chi connectivity index (χ1v) is 6.68. The summed E-state index contributed by atoms with van der Waals surface area (Å²) < 4.78 is 18.5. The Bertz CT molecular complexity index is 581. The number of hydrogen-bond acceptors (Lipinski definition) is 2. The van der Waals surface area contributed by atoms with Crippen LogP contribution in [0.3, 0.4) is 0 Å². The second-order valence-corrected chi connectivity index (χ2v) is 4.87. The molecule has 0 heterocycles. The third-order valence-electron chi connectivity index (χ3n) is 3.51. The van der Waals surface area contributed by atoms with Crippen LogP contribution in [0.2, 0.25) is 0 Å². The van der Waals surface area contributed by atoms with Crippen molar-refractivity contribution in [2.75, 3.05) is 7.11 Å². The van der Waals surface area contributed by atoms with Gasteiger partial charge in [-0.15, -0.1) is 0 Å². The molecular weight excluding hydrogens is 255 g/mol. The number of benzene rings is 2. The maximum Gasteiger partial charge on any atom is 0.165 e. The largest absolute Gasteiger partial charge is 0.494 e. The van der Waals surface area contributed by atoms with E-state index >= 15 is 0 Å². The van der Waals surface area contributed by atoms with Crippen LogP contribution in [0.15, 0.2) is 42.5 Å². The molecule has 1 N–H and O–H groups in total. The summed E-state index contributed by atoms with van der Waals surface area (Å²) in [5.74, 6) is -0.250. The fraction of sp³-hybridized carbons (Fsp3) is 0.294. The number of rotatable bonds is 5. The Hall–Kier alpha value is -1.87. The highest BCUT2D eigenvalue weighted by atomic mass is 19.1. The highest BCUT2D eigenvalue weighted by Gasteiger charge is 2.11. The molecule has 20 heavy (non-hydrogen) atoms. The number of aliphatic hydroxyl groups excluding tert-OH is 1. The molecule has 106 valence electrons. The van der Waals surface area contributed by atoms with Crippen LogP contribution >= 0.6 is 0 Å². The fourth-order valence-corrected chi connectivity index (χ4v) is 2.24. The zero-order chi connectivity index (χ0) is 14.5. The number of hydrogen-bond donors (Lipinski definition) is 1. The second kappa shape index (κ2) is 6.53. The van der Waals surface area contributed by atoms with E-state index in [1.165, 1.54) is 24.3 Å². The molecule has 0 saturated heterocycles. The Labute approximate surface area is 118 Å². The summed E-state index contributed by atoms with van der Waals surface area (Å²) in [5.41, 5.74) is 3.00. The van der Waals surface area contributed by atoms with E-state index in [-0.39, 0.29) is 5.75 Å². The van der Waals surface area contributed by atoms with Crippen LogP contribution in [0.4, 0.5) is 4.39 Å². The molecule has 2 nitrogen and oxygen atoms in total. The van der Waals surface area contributed by atoms with Crippen molar-refractivity contribution in [2.45, 2.75) is 25.9 Å². The lowest BCUT2D eigenvalue weighted by Crippen LogP contribution is -2.02. The van der Waals surface area contributed by atoms with Gasteiger partial charge in [0.1, 0.15) is 0 Å². The van der Waals surface area contributed by atoms with E-state index < -0.39 is 11.9 Å². The van der Waals surface area contributed by atoms with Crippen LogP contribution in [0, 0.1) is 12.7 Å². The van der Waals surface area contributed by atoms with Crippen LogP contribution in [0.1, 0.15) is 29.2 Å². The van der Waals surface area contributed by atoms with Gasteiger partial charge in [-0.25, -0.2) is 4.39 Å². The Kier molecular flexibility index (Phi) is 4.74. The second-order valence-electron chi connectivity index (χ2n) is 4.87. The van der Waals surface area contributed by atoms with Crippen molar-refractivity contribution in [2.24, 2.45) is 0 Å². The van der Waals surface area contributed by atoms with E-state index in [1.54, 1.807) is 12.1 Å². The summed E-state index contributed by atoms with van der Waals surface area (Å²) in [5, 5.41) is 10.2. The number of ether oxygens (including phenoxy) is 1. The molecule has 0 radical (unpaired) electrons. The Balaban J connectivity index is 2.03. The minimum atomic E-state index is -0.671. The molecule has 0 aliphatic carbocycles. The van der Waals surface area contributed by atoms with Crippen LogP contribution in [0.25, 0.3) is 0 Å². The molecule has 2 aromatic carbocycles. The van der Waals surface area contributed by atoms with Gasteiger partial charge in [0.25, 0.3) is 0 Å². The Morgan fingerprint density at radius 3 is 2.60 bits per heavy atom. The Morgan fingerprint density at radius 2 is 1.95 bits per heavy atom. The molecule has 1 atom stereocenters. The third kappa shape index (κ3) is 3.36. The number of aryl methyl sites for hydroxylation is 2. The van der Waals surface area contributed by atoms with E-state index in [0.717, 1.165) is 6.42 Å². The first kappa shape index (κ1) is 14.5. The van der Waals surface area contributed by atoms with E-state index in [2.05, 4.69) is 19.1 Å². The standard InChI is InChI=1S/C17H19FO2/c1-12-5-3-4-6-13(12)7-9-16(19)14-8-10-17(20-2)15(18)11-14/h3-6,8,10-11,16,19H,7,9H2,1-2H3. The normalized spacial score (nSPS) is 12.2. The van der Waals surface area contributed by atoms with E-state index in [4.69, 9.17) is 4.74 Å².